The van der Waals surface area contributed by atoms with Crippen LogP contribution in [-0.2, 0) is 9.53 Å². The van der Waals surface area contributed by atoms with E-state index < -0.39 is 30.2 Å². The highest BCUT2D eigenvalue weighted by molar-refractivity contribution is 6.04. The van der Waals surface area contributed by atoms with Crippen LogP contribution in [0, 0.1) is 5.92 Å². The van der Waals surface area contributed by atoms with Crippen LogP contribution in [0.1, 0.15) is 73.0 Å². The number of allylic oxidation sites excluding steroid dienone is 4. The number of hydrogen-bond acceptors (Lipinski definition) is 9. The van der Waals surface area contributed by atoms with Gasteiger partial charge in [-0.15, -0.1) is 13.2 Å². The van der Waals surface area contributed by atoms with E-state index in [9.17, 15) is 32.3 Å². The Hall–Kier alpha value is -6.07. The number of ether oxygens (including phenoxy) is 2. The molecule has 3 aromatic rings. The van der Waals surface area contributed by atoms with E-state index in [1.807, 2.05) is 13.8 Å². The van der Waals surface area contributed by atoms with Crippen LogP contribution in [0.25, 0.3) is 11.1 Å². The molecule has 2 unspecified atom stereocenters. The summed E-state index contributed by atoms with van der Waals surface area (Å²) in [6.07, 6.45) is 3.17. The minimum absolute atomic E-state index is 0.0911. The number of aromatic nitrogens is 3. The van der Waals surface area contributed by atoms with Crippen LogP contribution in [0.4, 0.5) is 34.3 Å². The molecule has 294 valence electrons. The fourth-order valence-corrected chi connectivity index (χ4v) is 6.31. The van der Waals surface area contributed by atoms with Gasteiger partial charge in [0.25, 0.3) is 5.91 Å². The second kappa shape index (κ2) is 17.8. The number of benzene rings is 1. The minimum Gasteiger partial charge on any atom is -0.453 e. The van der Waals surface area contributed by atoms with Gasteiger partial charge in [-0.3, -0.25) is 9.59 Å². The SMILES string of the molecule is CNC(=O)NCCNc1ccc(C(=O)Nc2ccc(C3=CC=C(c4cnc(C5CCCN5C(=O)C(NC(=O)OC)C(C)C)[nH]4)CC3)c(OC(F)(F)F)c2)cn1. The number of anilines is 2. The molecule has 18 heteroatoms. The standard InChI is InChI=1S/C37H44F3N9O6/c1-21(2)31(48-36(53)54-4)34(51)49-17-5-6-28(49)32-45-20-27(47-32)23-9-7-22(8-10-23)26-13-12-25(18-29(26)55-37(38,39)40)46-33(50)24-11-14-30(44-19-24)42-15-16-43-35(52)41-3/h7,9,11-14,18-21,28,31H,5-6,8,10,15-17H2,1-4H3,(H,42,44)(H,45,47)(H,46,50)(H,48,53)(H2,41,43,52). The first-order chi connectivity index (χ1) is 26.3. The number of imidazole rings is 1. The van der Waals surface area contributed by atoms with Gasteiger partial charge < -0.3 is 45.9 Å². The predicted octanol–water partition coefficient (Wildman–Crippen LogP) is 5.60. The third kappa shape index (κ3) is 10.5. The fraction of sp³-hybridized carbons (Fsp3) is 0.405. The number of urea groups is 1. The Balaban J connectivity index is 1.27. The number of pyridine rings is 1. The molecule has 1 aromatic carbocycles. The molecule has 0 spiro atoms. The number of alkyl carbamates (subject to hydrolysis) is 1. The number of carbonyl (C=O) groups is 4. The summed E-state index contributed by atoms with van der Waals surface area (Å²) in [4.78, 5) is 63.4. The van der Waals surface area contributed by atoms with Gasteiger partial charge in [0.1, 0.15) is 23.4 Å². The Morgan fingerprint density at radius 2 is 1.78 bits per heavy atom. The van der Waals surface area contributed by atoms with Gasteiger partial charge in [-0.05, 0) is 67.0 Å². The zero-order valence-electron chi connectivity index (χ0n) is 30.8. The number of nitrogens with one attached hydrogen (secondary N) is 6. The molecule has 55 heavy (non-hydrogen) atoms. The molecule has 2 atom stereocenters. The number of H-pyrrole nitrogens is 1. The van der Waals surface area contributed by atoms with E-state index >= 15 is 0 Å². The van der Waals surface area contributed by atoms with Gasteiger partial charge in [-0.2, -0.15) is 0 Å². The van der Waals surface area contributed by atoms with E-state index in [2.05, 4.69) is 46.3 Å². The lowest BCUT2D eigenvalue weighted by atomic mass is 9.91. The van der Waals surface area contributed by atoms with Gasteiger partial charge in [0.15, 0.2) is 0 Å². The molecule has 0 saturated carbocycles. The van der Waals surface area contributed by atoms with Gasteiger partial charge in [0.05, 0.1) is 30.6 Å². The number of hydrogen-bond donors (Lipinski definition) is 6. The zero-order chi connectivity index (χ0) is 39.7. The average Bonchev–Trinajstić information content (AvgIpc) is 3.86. The summed E-state index contributed by atoms with van der Waals surface area (Å²) in [7, 11) is 2.75. The third-order valence-electron chi connectivity index (χ3n) is 9.11. The van der Waals surface area contributed by atoms with E-state index in [0.29, 0.717) is 56.1 Å². The van der Waals surface area contributed by atoms with Crippen LogP contribution >= 0.6 is 0 Å². The van der Waals surface area contributed by atoms with Gasteiger partial charge in [0, 0.05) is 50.2 Å². The molecular weight excluding hydrogens is 723 g/mol. The lowest BCUT2D eigenvalue weighted by Gasteiger charge is -2.30. The average molecular weight is 768 g/mol. The first kappa shape index (κ1) is 40.1. The maximum Gasteiger partial charge on any atom is 0.573 e. The van der Waals surface area contributed by atoms with Gasteiger partial charge >= 0.3 is 18.5 Å². The third-order valence-corrected chi connectivity index (χ3v) is 9.11. The van der Waals surface area contributed by atoms with Crippen LogP contribution in [0.15, 0.2) is 54.9 Å². The van der Waals surface area contributed by atoms with Crippen molar-refractivity contribution in [1.82, 2.24) is 35.8 Å². The topological polar surface area (TPSA) is 192 Å². The lowest BCUT2D eigenvalue weighted by molar-refractivity contribution is -0.274. The summed E-state index contributed by atoms with van der Waals surface area (Å²) in [6.45, 7) is 4.92. The number of amides is 5. The predicted molar refractivity (Wildman–Crippen MR) is 198 cm³/mol. The lowest BCUT2D eigenvalue weighted by Crippen LogP contribution is -2.51. The fourth-order valence-electron chi connectivity index (χ4n) is 6.31. The van der Waals surface area contributed by atoms with Crippen molar-refractivity contribution in [2.45, 2.75) is 58.0 Å². The molecule has 0 radical (unpaired) electrons. The molecule has 2 aromatic heterocycles. The van der Waals surface area contributed by atoms with Crippen LogP contribution in [0.3, 0.4) is 0 Å². The molecule has 5 amide bonds. The Morgan fingerprint density at radius 3 is 2.44 bits per heavy atom. The van der Waals surface area contributed by atoms with Crippen molar-refractivity contribution in [2.75, 3.05) is 44.4 Å². The molecule has 1 fully saturated rings. The highest BCUT2D eigenvalue weighted by Gasteiger charge is 2.38. The maximum absolute atomic E-state index is 13.6. The van der Waals surface area contributed by atoms with Crippen LogP contribution < -0.4 is 31.3 Å². The normalized spacial score (nSPS) is 16.1. The van der Waals surface area contributed by atoms with Crippen LogP contribution in [0.5, 0.6) is 5.75 Å². The Labute approximate surface area is 315 Å². The quantitative estimate of drug-likeness (QED) is 0.120. The molecule has 15 nitrogen and oxygen atoms in total. The summed E-state index contributed by atoms with van der Waals surface area (Å²) in [5, 5.41) is 13.3. The highest BCUT2D eigenvalue weighted by Crippen LogP contribution is 2.39. The van der Waals surface area contributed by atoms with Crippen LogP contribution in [0.2, 0.25) is 0 Å². The van der Waals surface area contributed by atoms with Crippen molar-refractivity contribution < 1.29 is 41.8 Å². The Bertz CT molecular complexity index is 1930. The number of aromatic amines is 1. The van der Waals surface area contributed by atoms with Crippen molar-refractivity contribution in [3.8, 4) is 5.75 Å². The summed E-state index contributed by atoms with van der Waals surface area (Å²) in [6, 6.07) is 5.77. The molecule has 6 N–H and O–H groups in total. The minimum atomic E-state index is -4.98. The summed E-state index contributed by atoms with van der Waals surface area (Å²) in [5.74, 6) is -0.384. The number of rotatable bonds is 13. The van der Waals surface area contributed by atoms with Gasteiger partial charge in [-0.25, -0.2) is 19.6 Å². The van der Waals surface area contributed by atoms with Crippen molar-refractivity contribution in [2.24, 2.45) is 5.92 Å². The second-order valence-electron chi connectivity index (χ2n) is 13.2. The van der Waals surface area contributed by atoms with Crippen molar-refractivity contribution >= 4 is 46.6 Å². The summed E-state index contributed by atoms with van der Waals surface area (Å²) < 4.78 is 49.8. The number of halogens is 3. The van der Waals surface area contributed by atoms with E-state index in [0.717, 1.165) is 23.8 Å². The molecule has 1 saturated heterocycles. The van der Waals surface area contributed by atoms with Gasteiger partial charge in [-0.1, -0.05) is 26.0 Å². The van der Waals surface area contributed by atoms with E-state index in [1.165, 1.54) is 38.6 Å². The van der Waals surface area contributed by atoms with Gasteiger partial charge in [0.2, 0.25) is 5.91 Å². The molecule has 2 aliphatic rings. The van der Waals surface area contributed by atoms with Crippen molar-refractivity contribution in [1.29, 1.82) is 0 Å². The first-order valence-corrected chi connectivity index (χ1v) is 17.7. The Morgan fingerprint density at radius 1 is 1.02 bits per heavy atom. The smallest absolute Gasteiger partial charge is 0.453 e. The van der Waals surface area contributed by atoms with Crippen molar-refractivity contribution in [3.63, 3.8) is 0 Å². The summed E-state index contributed by atoms with van der Waals surface area (Å²) >= 11 is 0. The van der Waals surface area contributed by atoms with E-state index in [1.54, 1.807) is 29.3 Å². The molecular formula is C37H44F3N9O6. The number of likely N-dealkylation sites (tertiary alicyclic amines) is 1. The summed E-state index contributed by atoms with van der Waals surface area (Å²) in [5.41, 5.74) is 2.69. The van der Waals surface area contributed by atoms with Crippen LogP contribution in [-0.4, -0.2) is 90.0 Å². The van der Waals surface area contributed by atoms with Crippen molar-refractivity contribution in [3.05, 3.63) is 77.5 Å². The second-order valence-corrected chi connectivity index (χ2v) is 13.2. The van der Waals surface area contributed by atoms with E-state index in [4.69, 9.17) is 4.74 Å². The number of carbonyl (C=O) groups excluding carboxylic acids is 4. The number of methoxy groups -OCH3 is 1. The Kier molecular flexibility index (Phi) is 13.0. The maximum atomic E-state index is 13.6. The number of nitrogens with zero attached hydrogens (tertiary/aromatic N) is 3. The molecule has 5 rings (SSSR count). The highest BCUT2D eigenvalue weighted by atomic mass is 19.4. The zero-order valence-corrected chi connectivity index (χ0v) is 30.8. The molecule has 3 heterocycles. The monoisotopic (exact) mass is 767 g/mol. The molecule has 1 aliphatic heterocycles. The molecule has 0 bridgehead atoms. The largest absolute Gasteiger partial charge is 0.573 e. The molecule has 1 aliphatic carbocycles. The first-order valence-electron chi connectivity index (χ1n) is 17.7. The van der Waals surface area contributed by atoms with E-state index in [-0.39, 0.29) is 40.7 Å². The number of alkyl halides is 3.